The van der Waals surface area contributed by atoms with E-state index >= 15 is 0 Å². The smallest absolute Gasteiger partial charge is 0.0672 e. The van der Waals surface area contributed by atoms with E-state index < -0.39 is 0 Å². The maximum absolute atomic E-state index is 5.55. The van der Waals surface area contributed by atoms with Crippen molar-refractivity contribution in [1.82, 2.24) is 10.2 Å². The molecule has 0 aromatic carbocycles. The van der Waals surface area contributed by atoms with Gasteiger partial charge >= 0.3 is 0 Å². The number of piperazine rings is 1. The molecule has 0 saturated carbocycles. The van der Waals surface area contributed by atoms with Gasteiger partial charge < -0.3 is 10.1 Å². The molecule has 0 aromatic heterocycles. The van der Waals surface area contributed by atoms with E-state index in [1.807, 2.05) is 6.92 Å². The van der Waals surface area contributed by atoms with E-state index in [0.29, 0.717) is 18.7 Å². The lowest BCUT2D eigenvalue weighted by molar-refractivity contribution is 0.0787. The molecule has 0 radical (unpaired) electrons. The first-order valence-corrected chi connectivity index (χ1v) is 6.33. The minimum Gasteiger partial charge on any atom is -0.376 e. The molecule has 1 aliphatic heterocycles. The Bertz CT molecular complexity index is 218. The van der Waals surface area contributed by atoms with Crippen LogP contribution in [0.1, 0.15) is 27.2 Å². The largest absolute Gasteiger partial charge is 0.376 e. The lowest BCUT2D eigenvalue weighted by Crippen LogP contribution is -2.55. The van der Waals surface area contributed by atoms with Crippen LogP contribution in [0.25, 0.3) is 0 Å². The fourth-order valence-corrected chi connectivity index (χ4v) is 2.01. The fraction of sp³-hybridized carbons (Fsp3) is 0.846. The first kappa shape index (κ1) is 13.7. The molecule has 0 amide bonds. The normalized spacial score (nSPS) is 26.9. The SMILES string of the molecule is C=C(C)COCCN1CC(CC)NCC1C. The lowest BCUT2D eigenvalue weighted by Gasteiger charge is -2.38. The number of hydrogen-bond donors (Lipinski definition) is 1. The van der Waals surface area contributed by atoms with Gasteiger partial charge in [0.1, 0.15) is 0 Å². The van der Waals surface area contributed by atoms with Crippen LogP contribution >= 0.6 is 0 Å². The Morgan fingerprint density at radius 3 is 2.94 bits per heavy atom. The van der Waals surface area contributed by atoms with E-state index in [4.69, 9.17) is 4.74 Å². The standard InChI is InChI=1S/C13H26N2O/c1-5-13-9-15(12(4)8-14-13)6-7-16-10-11(2)3/h12-14H,2,5-10H2,1,3-4H3. The molecule has 3 heteroatoms. The summed E-state index contributed by atoms with van der Waals surface area (Å²) in [6, 6.07) is 1.27. The summed E-state index contributed by atoms with van der Waals surface area (Å²) in [4.78, 5) is 2.52. The average Bonchev–Trinajstić information content (AvgIpc) is 2.26. The zero-order chi connectivity index (χ0) is 12.0. The summed E-state index contributed by atoms with van der Waals surface area (Å²) < 4.78 is 5.55. The Morgan fingerprint density at radius 2 is 2.31 bits per heavy atom. The summed E-state index contributed by atoms with van der Waals surface area (Å²) in [7, 11) is 0. The summed E-state index contributed by atoms with van der Waals surface area (Å²) >= 11 is 0. The van der Waals surface area contributed by atoms with Crippen molar-refractivity contribution in [3.8, 4) is 0 Å². The minimum atomic E-state index is 0.622. The molecule has 0 spiro atoms. The molecule has 0 aliphatic carbocycles. The highest BCUT2D eigenvalue weighted by Gasteiger charge is 2.23. The Balaban J connectivity index is 2.20. The maximum atomic E-state index is 5.55. The highest BCUT2D eigenvalue weighted by molar-refractivity contribution is 4.87. The van der Waals surface area contributed by atoms with Crippen LogP contribution < -0.4 is 5.32 Å². The second-order valence-electron chi connectivity index (χ2n) is 4.87. The van der Waals surface area contributed by atoms with Crippen LogP contribution in [0.5, 0.6) is 0 Å². The maximum Gasteiger partial charge on any atom is 0.0672 e. The monoisotopic (exact) mass is 226 g/mol. The van der Waals surface area contributed by atoms with Gasteiger partial charge in [-0.2, -0.15) is 0 Å². The number of nitrogens with one attached hydrogen (secondary N) is 1. The molecule has 1 rings (SSSR count). The van der Waals surface area contributed by atoms with E-state index in [1.165, 1.54) is 6.42 Å². The van der Waals surface area contributed by atoms with Gasteiger partial charge in [-0.05, 0) is 20.3 Å². The number of nitrogens with zero attached hydrogens (tertiary/aromatic N) is 1. The van der Waals surface area contributed by atoms with E-state index in [9.17, 15) is 0 Å². The summed E-state index contributed by atoms with van der Waals surface area (Å²) in [5.74, 6) is 0. The molecule has 3 nitrogen and oxygen atoms in total. The van der Waals surface area contributed by atoms with Crippen LogP contribution in [-0.2, 0) is 4.74 Å². The zero-order valence-corrected chi connectivity index (χ0v) is 11.0. The average molecular weight is 226 g/mol. The Kier molecular flexibility index (Phi) is 6.03. The van der Waals surface area contributed by atoms with E-state index in [1.54, 1.807) is 0 Å². The molecule has 1 aliphatic rings. The van der Waals surface area contributed by atoms with Gasteiger partial charge in [-0.3, -0.25) is 4.90 Å². The van der Waals surface area contributed by atoms with Crippen molar-refractivity contribution in [3.63, 3.8) is 0 Å². The molecular weight excluding hydrogens is 200 g/mol. The first-order chi connectivity index (χ1) is 7.63. The van der Waals surface area contributed by atoms with Crippen molar-refractivity contribution in [1.29, 1.82) is 0 Å². The van der Waals surface area contributed by atoms with Crippen LogP contribution in [0.3, 0.4) is 0 Å². The molecule has 1 fully saturated rings. The molecule has 0 bridgehead atoms. The molecule has 2 unspecified atom stereocenters. The lowest BCUT2D eigenvalue weighted by atomic mass is 10.1. The van der Waals surface area contributed by atoms with E-state index in [2.05, 4.69) is 30.6 Å². The quantitative estimate of drug-likeness (QED) is 0.550. The summed E-state index contributed by atoms with van der Waals surface area (Å²) in [5.41, 5.74) is 1.10. The summed E-state index contributed by atoms with van der Waals surface area (Å²) in [5, 5.41) is 3.56. The molecule has 1 N–H and O–H groups in total. The van der Waals surface area contributed by atoms with Gasteiger partial charge in [0, 0.05) is 31.7 Å². The van der Waals surface area contributed by atoms with Crippen molar-refractivity contribution in [3.05, 3.63) is 12.2 Å². The van der Waals surface area contributed by atoms with Crippen molar-refractivity contribution in [2.24, 2.45) is 0 Å². The third-order valence-electron chi connectivity index (χ3n) is 3.14. The predicted molar refractivity (Wildman–Crippen MR) is 68.7 cm³/mol. The second-order valence-corrected chi connectivity index (χ2v) is 4.87. The number of rotatable bonds is 6. The predicted octanol–water partition coefficient (Wildman–Crippen LogP) is 1.65. The number of hydrogen-bond acceptors (Lipinski definition) is 3. The third-order valence-corrected chi connectivity index (χ3v) is 3.14. The van der Waals surface area contributed by atoms with Crippen molar-refractivity contribution in [2.45, 2.75) is 39.3 Å². The van der Waals surface area contributed by atoms with Crippen molar-refractivity contribution in [2.75, 3.05) is 32.8 Å². The highest BCUT2D eigenvalue weighted by Crippen LogP contribution is 2.08. The molecule has 1 heterocycles. The second kappa shape index (κ2) is 7.05. The number of ether oxygens (including phenoxy) is 1. The molecular formula is C13H26N2O. The van der Waals surface area contributed by atoms with Gasteiger partial charge in [0.2, 0.25) is 0 Å². The fourth-order valence-electron chi connectivity index (χ4n) is 2.01. The first-order valence-electron chi connectivity index (χ1n) is 6.33. The summed E-state index contributed by atoms with van der Waals surface area (Å²) in [6.45, 7) is 15.1. The zero-order valence-electron chi connectivity index (χ0n) is 11.0. The van der Waals surface area contributed by atoms with Crippen molar-refractivity contribution < 1.29 is 4.74 Å². The van der Waals surface area contributed by atoms with Crippen LogP contribution in [0, 0.1) is 0 Å². The highest BCUT2D eigenvalue weighted by atomic mass is 16.5. The van der Waals surface area contributed by atoms with E-state index in [0.717, 1.165) is 31.8 Å². The van der Waals surface area contributed by atoms with Crippen LogP contribution in [0.4, 0.5) is 0 Å². The Labute approximate surface area is 99.8 Å². The van der Waals surface area contributed by atoms with Gasteiger partial charge in [0.25, 0.3) is 0 Å². The van der Waals surface area contributed by atoms with E-state index in [-0.39, 0.29) is 0 Å². The topological polar surface area (TPSA) is 24.5 Å². The molecule has 94 valence electrons. The van der Waals surface area contributed by atoms with Gasteiger partial charge in [0.05, 0.1) is 13.2 Å². The van der Waals surface area contributed by atoms with Crippen LogP contribution in [0.2, 0.25) is 0 Å². The van der Waals surface area contributed by atoms with Crippen LogP contribution in [-0.4, -0.2) is 49.8 Å². The Morgan fingerprint density at radius 1 is 1.56 bits per heavy atom. The molecule has 2 atom stereocenters. The summed E-state index contributed by atoms with van der Waals surface area (Å²) in [6.07, 6.45) is 1.20. The Hall–Kier alpha value is -0.380. The van der Waals surface area contributed by atoms with Crippen molar-refractivity contribution >= 4 is 0 Å². The molecule has 1 saturated heterocycles. The third kappa shape index (κ3) is 4.64. The van der Waals surface area contributed by atoms with Gasteiger partial charge in [-0.15, -0.1) is 0 Å². The van der Waals surface area contributed by atoms with Gasteiger partial charge in [-0.1, -0.05) is 19.1 Å². The molecule has 16 heavy (non-hydrogen) atoms. The minimum absolute atomic E-state index is 0.622. The molecule has 0 aromatic rings. The van der Waals surface area contributed by atoms with Crippen LogP contribution in [0.15, 0.2) is 12.2 Å². The van der Waals surface area contributed by atoms with Gasteiger partial charge in [-0.25, -0.2) is 0 Å². The van der Waals surface area contributed by atoms with Gasteiger partial charge in [0.15, 0.2) is 0 Å².